The van der Waals surface area contributed by atoms with Gasteiger partial charge in [0, 0.05) is 49.1 Å². The van der Waals surface area contributed by atoms with Crippen LogP contribution in [0.15, 0.2) is 57.7 Å². The molecule has 9 nitrogen and oxygen atoms in total. The lowest BCUT2D eigenvalue weighted by Crippen LogP contribution is -2.47. The first-order chi connectivity index (χ1) is 21.4. The van der Waals surface area contributed by atoms with Crippen LogP contribution in [-0.2, 0) is 14.3 Å². The molecule has 6 rings (SSSR count). The summed E-state index contributed by atoms with van der Waals surface area (Å²) >= 11 is 7.78. The van der Waals surface area contributed by atoms with Crippen LogP contribution in [-0.4, -0.2) is 89.4 Å². The molecule has 4 heterocycles. The van der Waals surface area contributed by atoms with E-state index in [1.54, 1.807) is 18.7 Å². The van der Waals surface area contributed by atoms with E-state index in [0.717, 1.165) is 74.4 Å². The smallest absolute Gasteiger partial charge is 0.263 e. The zero-order valence-electron chi connectivity index (χ0n) is 25.0. The molecule has 44 heavy (non-hydrogen) atoms. The predicted octanol–water partition coefficient (Wildman–Crippen LogP) is 4.31. The van der Waals surface area contributed by atoms with Crippen LogP contribution in [0.2, 0.25) is 5.02 Å². The summed E-state index contributed by atoms with van der Waals surface area (Å²) in [5.74, 6) is 0.609. The Hall–Kier alpha value is -3.02. The molecule has 3 aliphatic heterocycles. The first-order valence-electron chi connectivity index (χ1n) is 15.3. The molecule has 0 saturated carbocycles. The lowest BCUT2D eigenvalue weighted by Gasteiger charge is -2.36. The molecule has 1 atom stereocenters. The van der Waals surface area contributed by atoms with E-state index in [2.05, 4.69) is 32.2 Å². The van der Waals surface area contributed by atoms with Crippen molar-refractivity contribution < 1.29 is 14.3 Å². The Morgan fingerprint density at radius 3 is 2.57 bits per heavy atom. The Morgan fingerprint density at radius 1 is 1.02 bits per heavy atom. The predicted molar refractivity (Wildman–Crippen MR) is 174 cm³/mol. The average Bonchev–Trinajstić information content (AvgIpc) is 3.02. The number of carbonyl (C=O) groups is 2. The highest BCUT2D eigenvalue weighted by molar-refractivity contribution is 7.99. The SMILES string of the molecule is Cc1nc2cccc(SCCCN3CCN(CC4=C(c5ccc(Cl)cc5)CCOC4)CC3)c2c(=O)n1C1CCC(=O)NC1=O. The Bertz CT molecular complexity index is 1630. The van der Waals surface area contributed by atoms with Crippen molar-refractivity contribution >= 4 is 51.7 Å². The fourth-order valence-electron chi connectivity index (χ4n) is 6.42. The Labute approximate surface area is 266 Å². The number of piperazine rings is 1. The topological polar surface area (TPSA) is 96.8 Å². The van der Waals surface area contributed by atoms with Crippen LogP contribution >= 0.6 is 23.4 Å². The highest BCUT2D eigenvalue weighted by Crippen LogP contribution is 2.29. The normalized spacial score (nSPS) is 20.4. The maximum absolute atomic E-state index is 13.7. The minimum absolute atomic E-state index is 0.210. The van der Waals surface area contributed by atoms with E-state index in [0.29, 0.717) is 29.8 Å². The number of nitrogens with one attached hydrogen (secondary N) is 1. The molecule has 2 amide bonds. The van der Waals surface area contributed by atoms with E-state index in [4.69, 9.17) is 16.3 Å². The van der Waals surface area contributed by atoms with Gasteiger partial charge in [-0.15, -0.1) is 11.8 Å². The number of fused-ring (bicyclic) bond motifs is 1. The first kappa shape index (κ1) is 31.0. The molecule has 2 fully saturated rings. The van der Waals surface area contributed by atoms with Gasteiger partial charge in [0.05, 0.1) is 24.1 Å². The van der Waals surface area contributed by atoms with E-state index >= 15 is 0 Å². The molecule has 0 spiro atoms. The number of nitrogens with zero attached hydrogens (tertiary/aromatic N) is 4. The van der Waals surface area contributed by atoms with Crippen molar-refractivity contribution in [2.45, 2.75) is 43.5 Å². The third-order valence-electron chi connectivity index (χ3n) is 8.74. The average molecular weight is 636 g/mol. The summed E-state index contributed by atoms with van der Waals surface area (Å²) in [6.45, 7) is 9.25. The number of piperidine rings is 1. The van der Waals surface area contributed by atoms with Crippen molar-refractivity contribution in [3.05, 3.63) is 74.8 Å². The summed E-state index contributed by atoms with van der Waals surface area (Å²) < 4.78 is 7.29. The first-order valence-corrected chi connectivity index (χ1v) is 16.7. The van der Waals surface area contributed by atoms with E-state index < -0.39 is 11.9 Å². The number of hydrogen-bond donors (Lipinski definition) is 1. The summed E-state index contributed by atoms with van der Waals surface area (Å²) in [6, 6.07) is 13.2. The van der Waals surface area contributed by atoms with Crippen LogP contribution in [0, 0.1) is 6.92 Å². The number of aryl methyl sites for hydroxylation is 1. The molecule has 1 N–H and O–H groups in total. The van der Waals surface area contributed by atoms with Crippen LogP contribution in [0.4, 0.5) is 0 Å². The number of halogens is 1. The van der Waals surface area contributed by atoms with E-state index in [9.17, 15) is 14.4 Å². The second kappa shape index (κ2) is 14.0. The van der Waals surface area contributed by atoms with E-state index in [1.807, 2.05) is 30.3 Å². The molecule has 0 bridgehead atoms. The number of rotatable bonds is 9. The molecule has 11 heteroatoms. The fraction of sp³-hybridized carbons (Fsp3) is 0.455. The van der Waals surface area contributed by atoms with Crippen molar-refractivity contribution in [2.75, 3.05) is 58.2 Å². The largest absolute Gasteiger partial charge is 0.377 e. The lowest BCUT2D eigenvalue weighted by molar-refractivity contribution is -0.135. The van der Waals surface area contributed by atoms with Gasteiger partial charge in [-0.05, 0) is 79.5 Å². The maximum atomic E-state index is 13.7. The Morgan fingerprint density at radius 2 is 1.80 bits per heavy atom. The van der Waals surface area contributed by atoms with Gasteiger partial charge in [-0.3, -0.25) is 29.2 Å². The molecular weight excluding hydrogens is 598 g/mol. The van der Waals surface area contributed by atoms with Gasteiger partial charge in [-0.25, -0.2) is 4.98 Å². The van der Waals surface area contributed by atoms with Gasteiger partial charge in [0.25, 0.3) is 5.56 Å². The zero-order chi connectivity index (χ0) is 30.6. The molecule has 0 aliphatic carbocycles. The highest BCUT2D eigenvalue weighted by atomic mass is 35.5. The Balaban J connectivity index is 1.03. The minimum atomic E-state index is -0.722. The maximum Gasteiger partial charge on any atom is 0.263 e. The summed E-state index contributed by atoms with van der Waals surface area (Å²) in [6.07, 6.45) is 2.45. The number of imide groups is 1. The second-order valence-corrected chi connectivity index (χ2v) is 13.2. The third kappa shape index (κ3) is 6.94. The third-order valence-corrected chi connectivity index (χ3v) is 10.1. The molecule has 0 radical (unpaired) electrons. The molecule has 2 aromatic carbocycles. The highest BCUT2D eigenvalue weighted by Gasteiger charge is 2.31. The van der Waals surface area contributed by atoms with Gasteiger partial charge in [-0.2, -0.15) is 0 Å². The quantitative estimate of drug-likeness (QED) is 0.211. The van der Waals surface area contributed by atoms with Gasteiger partial charge >= 0.3 is 0 Å². The van der Waals surface area contributed by atoms with Crippen molar-refractivity contribution in [1.82, 2.24) is 24.7 Å². The van der Waals surface area contributed by atoms with E-state index in [-0.39, 0.29) is 17.9 Å². The van der Waals surface area contributed by atoms with Gasteiger partial charge in [-0.1, -0.05) is 29.8 Å². The Kier molecular flexibility index (Phi) is 9.83. The molecule has 3 aliphatic rings. The standard InChI is InChI=1S/C33H38ClN5O4S/c1-22-35-27-4-2-5-29(31(27)33(42)39(22)28-10-11-30(40)36-32(28)41)44-19-3-13-37-14-16-38(17-15-37)20-24-21-43-18-12-26(24)23-6-8-25(34)9-7-23/h2,4-9,28H,3,10-21H2,1H3,(H,36,40,41). The monoisotopic (exact) mass is 635 g/mol. The summed E-state index contributed by atoms with van der Waals surface area (Å²) in [7, 11) is 0. The number of ether oxygens (including phenoxy) is 1. The van der Waals surface area contributed by atoms with Gasteiger partial charge < -0.3 is 9.64 Å². The van der Waals surface area contributed by atoms with Gasteiger partial charge in [0.1, 0.15) is 11.9 Å². The van der Waals surface area contributed by atoms with Gasteiger partial charge in [0.2, 0.25) is 11.8 Å². The van der Waals surface area contributed by atoms with Crippen LogP contribution in [0.3, 0.4) is 0 Å². The second-order valence-electron chi connectivity index (χ2n) is 11.7. The summed E-state index contributed by atoms with van der Waals surface area (Å²) in [5.41, 5.74) is 4.43. The molecule has 3 aromatic rings. The molecule has 232 valence electrons. The number of aromatic nitrogens is 2. The van der Waals surface area contributed by atoms with Crippen molar-refractivity contribution in [3.63, 3.8) is 0 Å². The fourth-order valence-corrected chi connectivity index (χ4v) is 7.55. The van der Waals surface area contributed by atoms with Crippen molar-refractivity contribution in [1.29, 1.82) is 0 Å². The van der Waals surface area contributed by atoms with Crippen LogP contribution in [0.1, 0.15) is 43.1 Å². The van der Waals surface area contributed by atoms with Crippen LogP contribution < -0.4 is 10.9 Å². The van der Waals surface area contributed by atoms with E-state index in [1.165, 1.54) is 21.3 Å². The molecular formula is C33H38ClN5O4S. The van der Waals surface area contributed by atoms with Crippen molar-refractivity contribution in [3.8, 4) is 0 Å². The number of amides is 2. The van der Waals surface area contributed by atoms with Crippen LogP contribution in [0.25, 0.3) is 16.5 Å². The molecule has 2 saturated heterocycles. The number of thioether (sulfide) groups is 1. The number of benzene rings is 2. The zero-order valence-corrected chi connectivity index (χ0v) is 26.6. The summed E-state index contributed by atoms with van der Waals surface area (Å²) in [5, 5.41) is 3.66. The number of carbonyl (C=O) groups excluding carboxylic acids is 2. The molecule has 1 unspecified atom stereocenters. The lowest BCUT2D eigenvalue weighted by atomic mass is 9.95. The summed E-state index contributed by atoms with van der Waals surface area (Å²) in [4.78, 5) is 48.5. The van der Waals surface area contributed by atoms with Gasteiger partial charge in [0.15, 0.2) is 0 Å². The van der Waals surface area contributed by atoms with Crippen molar-refractivity contribution in [2.24, 2.45) is 0 Å². The minimum Gasteiger partial charge on any atom is -0.377 e. The number of hydrogen-bond acceptors (Lipinski definition) is 8. The van der Waals surface area contributed by atoms with Crippen LogP contribution in [0.5, 0.6) is 0 Å². The molecule has 1 aromatic heterocycles.